The van der Waals surface area contributed by atoms with Crippen molar-refractivity contribution in [1.29, 1.82) is 0 Å². The maximum atomic E-state index is 12.7. The van der Waals surface area contributed by atoms with E-state index in [-0.39, 0.29) is 0 Å². The Morgan fingerprint density at radius 1 is 1.37 bits per heavy atom. The molecular formula is C20H21ClN4O2S3. The average molecular weight is 481 g/mol. The molecule has 0 aromatic heterocycles. The second kappa shape index (κ2) is 9.57. The van der Waals surface area contributed by atoms with Crippen LogP contribution in [0.3, 0.4) is 0 Å². The fraction of sp³-hybridized carbons (Fsp3) is 0.250. The van der Waals surface area contributed by atoms with Crippen LogP contribution in [-0.2, 0) is 0 Å². The third-order valence-electron chi connectivity index (χ3n) is 4.35. The van der Waals surface area contributed by atoms with Gasteiger partial charge in [0.1, 0.15) is 0 Å². The van der Waals surface area contributed by atoms with Crippen LogP contribution in [0, 0.1) is 0 Å². The first-order valence-electron chi connectivity index (χ1n) is 8.96. The van der Waals surface area contributed by atoms with Crippen LogP contribution in [-0.4, -0.2) is 49.0 Å². The molecule has 1 aliphatic heterocycles. The first-order valence-corrected chi connectivity index (χ1v) is 11.8. The first-order chi connectivity index (χ1) is 14.2. The molecular weight excluding hydrogens is 460 g/mol. The quantitative estimate of drug-likeness (QED) is 0.186. The molecule has 10 heteroatoms. The summed E-state index contributed by atoms with van der Waals surface area (Å²) in [6, 6.07) is 13.9. The van der Waals surface area contributed by atoms with E-state index in [0.717, 1.165) is 10.5 Å². The molecule has 2 aromatic carbocycles. The maximum absolute atomic E-state index is 12.7. The van der Waals surface area contributed by atoms with Gasteiger partial charge < -0.3 is 5.32 Å². The molecule has 1 fully saturated rings. The summed E-state index contributed by atoms with van der Waals surface area (Å²) in [6.07, 6.45) is 2.88. The molecule has 2 amide bonds. The zero-order valence-electron chi connectivity index (χ0n) is 16.6. The van der Waals surface area contributed by atoms with Crippen molar-refractivity contribution in [2.24, 2.45) is 5.10 Å². The van der Waals surface area contributed by atoms with Crippen molar-refractivity contribution < 1.29 is 10.0 Å². The van der Waals surface area contributed by atoms with Crippen LogP contribution in [0.2, 0.25) is 5.02 Å². The van der Waals surface area contributed by atoms with Crippen molar-refractivity contribution in [2.45, 2.75) is 29.7 Å². The normalized spacial score (nSPS) is 18.1. The maximum Gasteiger partial charge on any atom is 0.347 e. The van der Waals surface area contributed by atoms with Crippen molar-refractivity contribution in [3.05, 3.63) is 59.1 Å². The number of halogens is 1. The lowest BCUT2D eigenvalue weighted by molar-refractivity contribution is -0.114. The average Bonchev–Trinajstić information content (AvgIpc) is 2.93. The predicted octanol–water partition coefficient (Wildman–Crippen LogP) is 5.76. The molecule has 30 heavy (non-hydrogen) atoms. The van der Waals surface area contributed by atoms with E-state index >= 15 is 0 Å². The number of thiocarbonyl (C=S) groups is 1. The van der Waals surface area contributed by atoms with Gasteiger partial charge in [0.25, 0.3) is 0 Å². The third kappa shape index (κ3) is 5.28. The highest BCUT2D eigenvalue weighted by Crippen LogP contribution is 2.42. The van der Waals surface area contributed by atoms with E-state index in [4.69, 9.17) is 23.8 Å². The highest BCUT2D eigenvalue weighted by atomic mass is 35.5. The SMILES string of the molecule is CSc1ccc(/C=N\N2C(=S)SC(C)(C)[C@H]2N(O)C(=O)Nc2cccc(Cl)c2)cc1. The second-order valence-corrected chi connectivity index (χ2v) is 10.6. The molecule has 0 spiro atoms. The van der Waals surface area contributed by atoms with Crippen LogP contribution >= 0.6 is 47.3 Å². The molecule has 0 aliphatic carbocycles. The van der Waals surface area contributed by atoms with Crippen molar-refractivity contribution in [1.82, 2.24) is 10.1 Å². The Morgan fingerprint density at radius 3 is 2.70 bits per heavy atom. The molecule has 2 aromatic rings. The number of rotatable bonds is 5. The number of hydroxylamine groups is 2. The van der Waals surface area contributed by atoms with Crippen molar-refractivity contribution in [3.8, 4) is 0 Å². The molecule has 3 rings (SSSR count). The Morgan fingerprint density at radius 2 is 2.07 bits per heavy atom. The number of amides is 2. The van der Waals surface area contributed by atoms with Gasteiger partial charge in [0.05, 0.1) is 11.0 Å². The summed E-state index contributed by atoms with van der Waals surface area (Å²) < 4.78 is -0.117. The number of hydrogen-bond donors (Lipinski definition) is 2. The summed E-state index contributed by atoms with van der Waals surface area (Å²) in [7, 11) is 0. The van der Waals surface area contributed by atoms with Crippen molar-refractivity contribution in [3.63, 3.8) is 0 Å². The lowest BCUT2D eigenvalue weighted by Crippen LogP contribution is -2.54. The van der Waals surface area contributed by atoms with Crippen LogP contribution in [0.15, 0.2) is 58.5 Å². The number of anilines is 1. The monoisotopic (exact) mass is 480 g/mol. The Bertz CT molecular complexity index is 969. The number of hydrogen-bond acceptors (Lipinski definition) is 6. The van der Waals surface area contributed by atoms with E-state index < -0.39 is 16.9 Å². The van der Waals surface area contributed by atoms with Gasteiger partial charge in [0.2, 0.25) is 0 Å². The first kappa shape index (κ1) is 22.9. The zero-order valence-corrected chi connectivity index (χ0v) is 19.8. The number of nitrogens with zero attached hydrogens (tertiary/aromatic N) is 3. The van der Waals surface area contributed by atoms with Gasteiger partial charge in [-0.1, -0.05) is 53.8 Å². The van der Waals surface area contributed by atoms with Crippen molar-refractivity contribution in [2.75, 3.05) is 11.6 Å². The van der Waals surface area contributed by atoms with Crippen LogP contribution in [0.25, 0.3) is 0 Å². The predicted molar refractivity (Wildman–Crippen MR) is 130 cm³/mol. The standard InChI is InChI=1S/C20H21ClN4O2S3/c1-20(2)17(25(27)18(26)23-15-6-4-5-14(21)11-15)24(19(28)30-20)22-12-13-7-9-16(29-3)10-8-13/h4-12,17,27H,1-3H3,(H,23,26)/b22-12-/t17-/m1/s1. The summed E-state index contributed by atoms with van der Waals surface area (Å²) in [5, 5.41) is 20.4. The van der Waals surface area contributed by atoms with Crippen LogP contribution in [0.4, 0.5) is 10.5 Å². The lowest BCUT2D eigenvalue weighted by Gasteiger charge is -2.34. The summed E-state index contributed by atoms with van der Waals surface area (Å²) in [6.45, 7) is 3.79. The fourth-order valence-corrected chi connectivity index (χ4v) is 5.29. The number of carbonyl (C=O) groups excluding carboxylic acids is 1. The minimum Gasteiger partial charge on any atom is -0.306 e. The van der Waals surface area contributed by atoms with E-state index in [0.29, 0.717) is 20.1 Å². The summed E-state index contributed by atoms with van der Waals surface area (Å²) in [5.74, 6) is 0. The van der Waals surface area contributed by atoms with Crippen LogP contribution < -0.4 is 5.32 Å². The Labute approximate surface area is 194 Å². The number of hydrazone groups is 1. The lowest BCUT2D eigenvalue weighted by atomic mass is 10.1. The topological polar surface area (TPSA) is 68.2 Å². The van der Waals surface area contributed by atoms with Gasteiger partial charge in [0, 0.05) is 15.6 Å². The summed E-state index contributed by atoms with van der Waals surface area (Å²) in [4.78, 5) is 13.8. The fourth-order valence-electron chi connectivity index (χ4n) is 2.90. The molecule has 1 saturated heterocycles. The molecule has 158 valence electrons. The van der Waals surface area contributed by atoms with Crippen molar-refractivity contribution >= 4 is 69.6 Å². The van der Waals surface area contributed by atoms with Gasteiger partial charge in [-0.05, 0) is 56.0 Å². The summed E-state index contributed by atoms with van der Waals surface area (Å²) >= 11 is 14.5. The highest BCUT2D eigenvalue weighted by Gasteiger charge is 2.50. The minimum atomic E-state index is -0.795. The minimum absolute atomic E-state index is 0.469. The van der Waals surface area contributed by atoms with Gasteiger partial charge in [-0.15, -0.1) is 11.8 Å². The molecule has 0 saturated carbocycles. The third-order valence-corrected chi connectivity index (χ3v) is 6.87. The van der Waals surface area contributed by atoms with E-state index in [1.807, 2.05) is 44.4 Å². The van der Waals surface area contributed by atoms with E-state index in [1.165, 1.54) is 16.8 Å². The van der Waals surface area contributed by atoms with E-state index in [9.17, 15) is 10.0 Å². The Balaban J connectivity index is 1.80. The van der Waals surface area contributed by atoms with Crippen LogP contribution in [0.1, 0.15) is 19.4 Å². The molecule has 1 aliphatic rings. The Hall–Kier alpha value is -1.78. The summed E-state index contributed by atoms with van der Waals surface area (Å²) in [5.41, 5.74) is 1.36. The highest BCUT2D eigenvalue weighted by molar-refractivity contribution is 8.24. The van der Waals surface area contributed by atoms with Gasteiger partial charge >= 0.3 is 6.03 Å². The number of urea groups is 1. The van der Waals surface area contributed by atoms with Gasteiger partial charge in [-0.2, -0.15) is 10.2 Å². The molecule has 0 bridgehead atoms. The second-order valence-electron chi connectivity index (χ2n) is 6.99. The molecule has 2 N–H and O–H groups in total. The number of benzene rings is 2. The van der Waals surface area contributed by atoms with Gasteiger partial charge in [-0.25, -0.2) is 9.80 Å². The number of carbonyl (C=O) groups is 1. The van der Waals surface area contributed by atoms with E-state index in [2.05, 4.69) is 10.4 Å². The van der Waals surface area contributed by atoms with Gasteiger partial charge in [-0.3, -0.25) is 5.21 Å². The molecule has 1 heterocycles. The molecule has 0 radical (unpaired) electrons. The number of nitrogens with one attached hydrogen (secondary N) is 1. The Kier molecular flexibility index (Phi) is 7.30. The molecule has 6 nitrogen and oxygen atoms in total. The smallest absolute Gasteiger partial charge is 0.306 e. The van der Waals surface area contributed by atoms with Crippen LogP contribution in [0.5, 0.6) is 0 Å². The number of thioether (sulfide) groups is 2. The van der Waals surface area contributed by atoms with Gasteiger partial charge in [0.15, 0.2) is 10.5 Å². The molecule has 0 unspecified atom stereocenters. The zero-order chi connectivity index (χ0) is 21.9. The largest absolute Gasteiger partial charge is 0.347 e. The molecule has 1 atom stereocenters. The van der Waals surface area contributed by atoms with E-state index in [1.54, 1.807) is 42.2 Å².